The normalized spacial score (nSPS) is 14.7. The molecule has 0 aliphatic rings. The Morgan fingerprint density at radius 3 is 1.90 bits per heavy atom. The summed E-state index contributed by atoms with van der Waals surface area (Å²) in [5, 5.41) is 34.3. The van der Waals surface area contributed by atoms with Crippen LogP contribution in [0.15, 0.2) is 30.3 Å². The number of carboxylic acids is 1. The number of nitrogens with two attached hydrogens (primary N) is 1. The Morgan fingerprint density at radius 1 is 0.867 bits per heavy atom. The van der Waals surface area contributed by atoms with Crippen LogP contribution in [0.5, 0.6) is 0 Å². The highest BCUT2D eigenvalue weighted by molar-refractivity contribution is 7.80. The summed E-state index contributed by atoms with van der Waals surface area (Å²) in [6.45, 7) is -1.45. The van der Waals surface area contributed by atoms with E-state index < -0.39 is 61.1 Å². The van der Waals surface area contributed by atoms with Crippen LogP contribution < -0.4 is 21.7 Å². The van der Waals surface area contributed by atoms with Gasteiger partial charge in [0.2, 0.25) is 17.7 Å². The molecule has 0 aliphatic carbocycles. The lowest BCUT2D eigenvalue weighted by molar-refractivity contribution is -0.142. The summed E-state index contributed by atoms with van der Waals surface area (Å²) in [4.78, 5) is 47.9. The van der Waals surface area contributed by atoms with Crippen LogP contribution in [-0.4, -0.2) is 82.1 Å². The Bertz CT molecular complexity index is 735. The molecular formula is C18H26N4O7S. The van der Waals surface area contributed by atoms with E-state index in [1.807, 2.05) is 0 Å². The molecule has 12 heteroatoms. The van der Waals surface area contributed by atoms with Crippen molar-refractivity contribution in [2.24, 2.45) is 5.73 Å². The SMILES string of the molecule is NC(CO)C(=O)NC(CO)C(=O)NC(CS)C(=O)NC(Cc1ccccc1)C(=O)O. The van der Waals surface area contributed by atoms with Crippen molar-refractivity contribution in [3.8, 4) is 0 Å². The van der Waals surface area contributed by atoms with Crippen molar-refractivity contribution in [3.63, 3.8) is 0 Å². The summed E-state index contributed by atoms with van der Waals surface area (Å²) in [6.07, 6.45) is 0.0313. The zero-order valence-electron chi connectivity index (χ0n) is 16.0. The van der Waals surface area contributed by atoms with E-state index >= 15 is 0 Å². The molecule has 0 saturated heterocycles. The number of carbonyl (C=O) groups excluding carboxylic acids is 3. The second-order valence-electron chi connectivity index (χ2n) is 6.37. The molecule has 3 amide bonds. The smallest absolute Gasteiger partial charge is 0.326 e. The first-order chi connectivity index (χ1) is 14.2. The van der Waals surface area contributed by atoms with Crippen LogP contribution in [0, 0.1) is 0 Å². The second kappa shape index (κ2) is 12.8. The molecule has 0 aromatic heterocycles. The van der Waals surface area contributed by atoms with Crippen molar-refractivity contribution in [2.75, 3.05) is 19.0 Å². The number of nitrogens with one attached hydrogen (secondary N) is 3. The molecule has 0 aliphatic heterocycles. The molecule has 1 aromatic rings. The third-order valence-corrected chi connectivity index (χ3v) is 4.43. The van der Waals surface area contributed by atoms with Gasteiger partial charge >= 0.3 is 5.97 Å². The van der Waals surface area contributed by atoms with Crippen LogP contribution in [0.1, 0.15) is 5.56 Å². The van der Waals surface area contributed by atoms with E-state index in [4.69, 9.17) is 10.8 Å². The number of carbonyl (C=O) groups is 4. The van der Waals surface area contributed by atoms with E-state index in [9.17, 15) is 29.4 Å². The molecule has 30 heavy (non-hydrogen) atoms. The molecule has 0 spiro atoms. The Labute approximate surface area is 178 Å². The number of thiol groups is 1. The van der Waals surface area contributed by atoms with Crippen molar-refractivity contribution in [3.05, 3.63) is 35.9 Å². The lowest BCUT2D eigenvalue weighted by Crippen LogP contribution is -2.59. The largest absolute Gasteiger partial charge is 0.480 e. The Kier molecular flexibility index (Phi) is 10.8. The molecular weight excluding hydrogens is 416 g/mol. The summed E-state index contributed by atoms with van der Waals surface area (Å²) < 4.78 is 0. The van der Waals surface area contributed by atoms with Gasteiger partial charge in [0, 0.05) is 12.2 Å². The summed E-state index contributed by atoms with van der Waals surface area (Å²) in [5.41, 5.74) is 6.03. The first-order valence-corrected chi connectivity index (χ1v) is 9.62. The topological polar surface area (TPSA) is 191 Å². The highest BCUT2D eigenvalue weighted by atomic mass is 32.1. The van der Waals surface area contributed by atoms with Gasteiger partial charge in [-0.1, -0.05) is 30.3 Å². The highest BCUT2D eigenvalue weighted by Crippen LogP contribution is 2.04. The summed E-state index contributed by atoms with van der Waals surface area (Å²) in [7, 11) is 0. The molecule has 8 N–H and O–H groups in total. The summed E-state index contributed by atoms with van der Waals surface area (Å²) in [6, 6.07) is 3.49. The molecule has 1 aromatic carbocycles. The van der Waals surface area contributed by atoms with Crippen molar-refractivity contribution in [2.45, 2.75) is 30.6 Å². The second-order valence-corrected chi connectivity index (χ2v) is 6.73. The molecule has 166 valence electrons. The number of hydrogen-bond acceptors (Lipinski definition) is 8. The van der Waals surface area contributed by atoms with Crippen LogP contribution >= 0.6 is 12.6 Å². The minimum absolute atomic E-state index is 0.0313. The van der Waals surface area contributed by atoms with Gasteiger partial charge in [0.25, 0.3) is 0 Å². The molecule has 11 nitrogen and oxygen atoms in total. The number of amides is 3. The van der Waals surface area contributed by atoms with E-state index in [0.717, 1.165) is 0 Å². The van der Waals surface area contributed by atoms with E-state index in [1.165, 1.54) is 0 Å². The predicted molar refractivity (Wildman–Crippen MR) is 110 cm³/mol. The molecule has 0 fully saturated rings. The lowest BCUT2D eigenvalue weighted by Gasteiger charge is -2.23. The van der Waals surface area contributed by atoms with E-state index in [1.54, 1.807) is 30.3 Å². The maximum absolute atomic E-state index is 12.5. The maximum atomic E-state index is 12.5. The van der Waals surface area contributed by atoms with Gasteiger partial charge in [0.1, 0.15) is 24.2 Å². The predicted octanol–water partition coefficient (Wildman–Crippen LogP) is -2.99. The van der Waals surface area contributed by atoms with Gasteiger partial charge in [-0.25, -0.2) is 4.79 Å². The van der Waals surface area contributed by atoms with Crippen molar-refractivity contribution in [1.29, 1.82) is 0 Å². The molecule has 1 rings (SSSR count). The standard InChI is InChI=1S/C18H26N4O7S/c19-11(7-23)15(25)21-13(8-24)16(26)22-14(9-30)17(27)20-12(18(28)29)6-10-4-2-1-3-5-10/h1-5,11-14,23-24,30H,6-9,19H2,(H,20,27)(H,21,25)(H,22,26)(H,28,29). The van der Waals surface area contributed by atoms with Gasteiger partial charge in [-0.05, 0) is 5.56 Å². The van der Waals surface area contributed by atoms with Gasteiger partial charge in [0.05, 0.1) is 13.2 Å². The Morgan fingerprint density at radius 2 is 1.40 bits per heavy atom. The molecule has 0 bridgehead atoms. The van der Waals surface area contributed by atoms with E-state index in [2.05, 4.69) is 28.6 Å². The highest BCUT2D eigenvalue weighted by Gasteiger charge is 2.29. The molecule has 0 heterocycles. The average molecular weight is 442 g/mol. The summed E-state index contributed by atoms with van der Waals surface area (Å²) >= 11 is 3.99. The molecule has 4 unspecified atom stereocenters. The number of aliphatic hydroxyl groups is 2. The number of benzene rings is 1. The lowest BCUT2D eigenvalue weighted by atomic mass is 10.1. The fourth-order valence-electron chi connectivity index (χ4n) is 2.34. The number of aliphatic carboxylic acids is 1. The number of rotatable bonds is 12. The molecule has 0 saturated carbocycles. The fourth-order valence-corrected chi connectivity index (χ4v) is 2.60. The van der Waals surface area contributed by atoms with Crippen LogP contribution in [0.4, 0.5) is 0 Å². The monoisotopic (exact) mass is 442 g/mol. The fraction of sp³-hybridized carbons (Fsp3) is 0.444. The first kappa shape index (κ1) is 25.4. The zero-order valence-corrected chi connectivity index (χ0v) is 16.9. The third kappa shape index (κ3) is 7.99. The van der Waals surface area contributed by atoms with Gasteiger partial charge in [-0.2, -0.15) is 12.6 Å². The van der Waals surface area contributed by atoms with E-state index in [-0.39, 0.29) is 12.2 Å². The van der Waals surface area contributed by atoms with Crippen molar-refractivity contribution < 1.29 is 34.5 Å². The average Bonchev–Trinajstić information content (AvgIpc) is 2.74. The van der Waals surface area contributed by atoms with Crippen molar-refractivity contribution >= 4 is 36.3 Å². The summed E-state index contributed by atoms with van der Waals surface area (Å²) in [5.74, 6) is -3.99. The Hall–Kier alpha value is -2.67. The van der Waals surface area contributed by atoms with Crippen LogP contribution in [0.3, 0.4) is 0 Å². The van der Waals surface area contributed by atoms with E-state index in [0.29, 0.717) is 5.56 Å². The number of hydrogen-bond donors (Lipinski definition) is 8. The number of carboxylic acid groups (broad SMARTS) is 1. The van der Waals surface area contributed by atoms with Crippen molar-refractivity contribution in [1.82, 2.24) is 16.0 Å². The quantitative estimate of drug-likeness (QED) is 0.157. The van der Waals surface area contributed by atoms with Crippen LogP contribution in [0.2, 0.25) is 0 Å². The maximum Gasteiger partial charge on any atom is 0.326 e. The minimum atomic E-state index is -1.43. The first-order valence-electron chi connectivity index (χ1n) is 8.99. The van der Waals surface area contributed by atoms with Gasteiger partial charge in [0.15, 0.2) is 0 Å². The third-order valence-electron chi connectivity index (χ3n) is 4.06. The minimum Gasteiger partial charge on any atom is -0.480 e. The van der Waals surface area contributed by atoms with Crippen LogP contribution in [0.25, 0.3) is 0 Å². The molecule has 4 atom stereocenters. The van der Waals surface area contributed by atoms with Gasteiger partial charge < -0.3 is 37.0 Å². The van der Waals surface area contributed by atoms with Gasteiger partial charge in [-0.3, -0.25) is 14.4 Å². The van der Waals surface area contributed by atoms with Crippen LogP contribution in [-0.2, 0) is 25.6 Å². The number of aliphatic hydroxyl groups excluding tert-OH is 2. The van der Waals surface area contributed by atoms with Gasteiger partial charge in [-0.15, -0.1) is 0 Å². The molecule has 0 radical (unpaired) electrons. The Balaban J connectivity index is 2.76. The zero-order chi connectivity index (χ0) is 22.7.